The highest BCUT2D eigenvalue weighted by atomic mass is 19.4. The summed E-state index contributed by atoms with van der Waals surface area (Å²) in [6.45, 7) is 2.50. The number of rotatable bonds is 2. The summed E-state index contributed by atoms with van der Waals surface area (Å²) in [5, 5.41) is 11.0. The van der Waals surface area contributed by atoms with Crippen molar-refractivity contribution in [2.45, 2.75) is 51.0 Å². The van der Waals surface area contributed by atoms with Crippen molar-refractivity contribution in [3.8, 4) is 0 Å². The molecule has 19 heavy (non-hydrogen) atoms. The monoisotopic (exact) mass is 285 g/mol. The van der Waals surface area contributed by atoms with Crippen LogP contribution in [-0.2, 0) is 19.1 Å². The average Bonchev–Trinajstić information content (AvgIpc) is 2.21. The molecule has 1 rings (SSSR count). The Morgan fingerprint density at radius 1 is 1.42 bits per heavy atom. The SMILES string of the molecule is CC(=O)O[C@H]1[C@@H](NC(=O)C(F)(F)F)C[C@@H](O)O[C@H]1C. The lowest BCUT2D eigenvalue weighted by Gasteiger charge is -2.38. The fourth-order valence-electron chi connectivity index (χ4n) is 1.82. The molecule has 0 aromatic heterocycles. The van der Waals surface area contributed by atoms with Crippen molar-refractivity contribution in [2.24, 2.45) is 0 Å². The Bertz CT molecular complexity index is 360. The number of aliphatic hydroxyl groups is 1. The van der Waals surface area contributed by atoms with Crippen molar-refractivity contribution in [3.05, 3.63) is 0 Å². The highest BCUT2D eigenvalue weighted by molar-refractivity contribution is 5.82. The number of hydrogen-bond donors (Lipinski definition) is 2. The fraction of sp³-hybridized carbons (Fsp3) is 0.800. The molecule has 0 spiro atoms. The number of esters is 1. The van der Waals surface area contributed by atoms with Crippen molar-refractivity contribution in [2.75, 3.05) is 0 Å². The molecule has 1 heterocycles. The first kappa shape index (κ1) is 15.7. The van der Waals surface area contributed by atoms with E-state index in [1.165, 1.54) is 6.92 Å². The van der Waals surface area contributed by atoms with Crippen LogP contribution in [0.1, 0.15) is 20.3 Å². The Hall–Kier alpha value is -1.35. The zero-order valence-electron chi connectivity index (χ0n) is 10.2. The van der Waals surface area contributed by atoms with Gasteiger partial charge in [-0.15, -0.1) is 0 Å². The second-order valence-electron chi connectivity index (χ2n) is 4.18. The number of ether oxygens (including phenoxy) is 2. The maximum atomic E-state index is 12.2. The van der Waals surface area contributed by atoms with Gasteiger partial charge in [-0.25, -0.2) is 0 Å². The van der Waals surface area contributed by atoms with E-state index in [0.29, 0.717) is 0 Å². The van der Waals surface area contributed by atoms with Gasteiger partial charge in [-0.2, -0.15) is 13.2 Å². The molecule has 6 nitrogen and oxygen atoms in total. The molecule has 0 aromatic rings. The van der Waals surface area contributed by atoms with Crippen molar-refractivity contribution < 1.29 is 37.3 Å². The Balaban J connectivity index is 2.79. The first-order valence-corrected chi connectivity index (χ1v) is 5.49. The Morgan fingerprint density at radius 2 is 2.00 bits per heavy atom. The van der Waals surface area contributed by atoms with Gasteiger partial charge in [0.05, 0.1) is 12.1 Å². The summed E-state index contributed by atoms with van der Waals surface area (Å²) in [6, 6.07) is -1.17. The number of nitrogens with one attached hydrogen (secondary N) is 1. The molecular formula is C10H14F3NO5. The summed E-state index contributed by atoms with van der Waals surface area (Å²) in [5.74, 6) is -2.88. The smallest absolute Gasteiger partial charge is 0.458 e. The van der Waals surface area contributed by atoms with Gasteiger partial charge in [0.2, 0.25) is 0 Å². The van der Waals surface area contributed by atoms with Crippen molar-refractivity contribution in [1.29, 1.82) is 0 Å². The zero-order chi connectivity index (χ0) is 14.8. The number of carbonyl (C=O) groups excluding carboxylic acids is 2. The summed E-state index contributed by atoms with van der Waals surface area (Å²) < 4.78 is 46.3. The lowest BCUT2D eigenvalue weighted by molar-refractivity contribution is -0.217. The molecule has 0 unspecified atom stereocenters. The van der Waals surface area contributed by atoms with Crippen LogP contribution in [-0.4, -0.2) is 47.7 Å². The lowest BCUT2D eigenvalue weighted by Crippen LogP contribution is -2.58. The summed E-state index contributed by atoms with van der Waals surface area (Å²) in [7, 11) is 0. The van der Waals surface area contributed by atoms with Gasteiger partial charge in [0, 0.05) is 13.3 Å². The largest absolute Gasteiger partial charge is 0.471 e. The number of carbonyl (C=O) groups is 2. The van der Waals surface area contributed by atoms with E-state index in [2.05, 4.69) is 0 Å². The van der Waals surface area contributed by atoms with E-state index < -0.39 is 42.6 Å². The van der Waals surface area contributed by atoms with Gasteiger partial charge < -0.3 is 19.9 Å². The summed E-state index contributed by atoms with van der Waals surface area (Å²) in [6.07, 6.45) is -8.61. The fourth-order valence-corrected chi connectivity index (χ4v) is 1.82. The summed E-state index contributed by atoms with van der Waals surface area (Å²) in [5.41, 5.74) is 0. The maximum absolute atomic E-state index is 12.2. The van der Waals surface area contributed by atoms with Gasteiger partial charge in [-0.3, -0.25) is 9.59 Å². The quantitative estimate of drug-likeness (QED) is 0.703. The van der Waals surface area contributed by atoms with Crippen molar-refractivity contribution in [1.82, 2.24) is 5.32 Å². The van der Waals surface area contributed by atoms with Gasteiger partial charge >= 0.3 is 18.1 Å². The standard InChI is InChI=1S/C10H14F3NO5/c1-4-8(19-5(2)15)6(3-7(16)18-4)14-9(17)10(11,12)13/h4,6-8,16H,3H2,1-2H3,(H,14,17)/t4-,6-,7-,8+/m0/s1. The third kappa shape index (κ3) is 4.35. The molecule has 0 aliphatic carbocycles. The Kier molecular flexibility index (Phi) is 4.75. The van der Waals surface area contributed by atoms with E-state index in [-0.39, 0.29) is 6.42 Å². The van der Waals surface area contributed by atoms with Crippen LogP contribution in [0.25, 0.3) is 0 Å². The minimum Gasteiger partial charge on any atom is -0.458 e. The third-order valence-electron chi connectivity index (χ3n) is 2.56. The minimum absolute atomic E-state index is 0.301. The van der Waals surface area contributed by atoms with E-state index in [0.717, 1.165) is 6.92 Å². The number of alkyl halides is 3. The van der Waals surface area contributed by atoms with Crippen molar-refractivity contribution >= 4 is 11.9 Å². The predicted molar refractivity (Wildman–Crippen MR) is 54.7 cm³/mol. The topological polar surface area (TPSA) is 84.9 Å². The molecule has 110 valence electrons. The molecule has 9 heteroatoms. The molecule has 1 aliphatic heterocycles. The Morgan fingerprint density at radius 3 is 2.47 bits per heavy atom. The van der Waals surface area contributed by atoms with E-state index in [9.17, 15) is 27.9 Å². The molecule has 1 aliphatic rings. The molecule has 0 aromatic carbocycles. The maximum Gasteiger partial charge on any atom is 0.471 e. The van der Waals surface area contributed by atoms with Crippen LogP contribution in [0, 0.1) is 0 Å². The second-order valence-corrected chi connectivity index (χ2v) is 4.18. The summed E-state index contributed by atoms with van der Waals surface area (Å²) in [4.78, 5) is 21.8. The van der Waals surface area contributed by atoms with Gasteiger partial charge in [-0.05, 0) is 6.92 Å². The van der Waals surface area contributed by atoms with E-state index in [1.807, 2.05) is 0 Å². The lowest BCUT2D eigenvalue weighted by atomic mass is 9.99. The second kappa shape index (κ2) is 5.74. The van der Waals surface area contributed by atoms with Crippen LogP contribution >= 0.6 is 0 Å². The average molecular weight is 285 g/mol. The first-order chi connectivity index (χ1) is 8.61. The number of amides is 1. The predicted octanol–water partition coefficient (Wildman–Crippen LogP) is 0.0924. The molecule has 0 bridgehead atoms. The van der Waals surface area contributed by atoms with Crippen LogP contribution in [0.3, 0.4) is 0 Å². The van der Waals surface area contributed by atoms with Crippen molar-refractivity contribution in [3.63, 3.8) is 0 Å². The zero-order valence-corrected chi connectivity index (χ0v) is 10.2. The van der Waals surface area contributed by atoms with Crippen LogP contribution in [0.4, 0.5) is 13.2 Å². The molecule has 0 saturated carbocycles. The van der Waals surface area contributed by atoms with E-state index >= 15 is 0 Å². The first-order valence-electron chi connectivity index (χ1n) is 5.49. The molecule has 4 atom stereocenters. The summed E-state index contributed by atoms with van der Waals surface area (Å²) >= 11 is 0. The van der Waals surface area contributed by atoms with Gasteiger partial charge in [-0.1, -0.05) is 0 Å². The minimum atomic E-state index is -5.05. The molecular weight excluding hydrogens is 271 g/mol. The van der Waals surface area contributed by atoms with Crippen LogP contribution in [0.5, 0.6) is 0 Å². The molecule has 1 fully saturated rings. The van der Waals surface area contributed by atoms with Crippen LogP contribution in [0.15, 0.2) is 0 Å². The normalized spacial score (nSPS) is 31.7. The third-order valence-corrected chi connectivity index (χ3v) is 2.56. The molecule has 1 amide bonds. The molecule has 1 saturated heterocycles. The van der Waals surface area contributed by atoms with Gasteiger partial charge in [0.1, 0.15) is 6.10 Å². The van der Waals surface area contributed by atoms with Crippen LogP contribution in [0.2, 0.25) is 0 Å². The van der Waals surface area contributed by atoms with E-state index in [4.69, 9.17) is 9.47 Å². The molecule has 0 radical (unpaired) electrons. The number of aliphatic hydroxyl groups excluding tert-OH is 1. The Labute approximate surface area is 106 Å². The van der Waals surface area contributed by atoms with Gasteiger partial charge in [0.15, 0.2) is 6.29 Å². The number of halogens is 3. The van der Waals surface area contributed by atoms with Gasteiger partial charge in [0.25, 0.3) is 0 Å². The highest BCUT2D eigenvalue weighted by Gasteiger charge is 2.45. The number of hydrogen-bond acceptors (Lipinski definition) is 5. The van der Waals surface area contributed by atoms with E-state index in [1.54, 1.807) is 5.32 Å². The highest BCUT2D eigenvalue weighted by Crippen LogP contribution is 2.23. The molecule has 2 N–H and O–H groups in total. The van der Waals surface area contributed by atoms with Crippen LogP contribution < -0.4 is 5.32 Å².